The van der Waals surface area contributed by atoms with Gasteiger partial charge in [-0.3, -0.25) is 4.79 Å². The minimum Gasteiger partial charge on any atom is -0.382 e. The molecule has 0 rings (SSSR count). The topological polar surface area (TPSA) is 29.1 Å². The number of allylic oxidation sites excluding steroid dienone is 1. The first kappa shape index (κ1) is 10.2. The number of nitrogens with one attached hydrogen (secondary N) is 1. The van der Waals surface area contributed by atoms with Crippen molar-refractivity contribution in [1.82, 2.24) is 5.32 Å². The fourth-order valence-electron chi connectivity index (χ4n) is 0.739. The van der Waals surface area contributed by atoms with Crippen LogP contribution in [0.4, 0.5) is 0 Å². The fraction of sp³-hybridized carbons (Fsp3) is 0.667. The largest absolute Gasteiger partial charge is 0.382 e. The molecule has 0 heterocycles. The van der Waals surface area contributed by atoms with Crippen LogP contribution in [0, 0.1) is 0 Å². The highest BCUT2D eigenvalue weighted by Gasteiger charge is 1.97. The van der Waals surface area contributed by atoms with E-state index in [1.54, 1.807) is 0 Å². The number of ketones is 1. The molecule has 0 fully saturated rings. The van der Waals surface area contributed by atoms with Crippen molar-refractivity contribution in [2.75, 3.05) is 6.54 Å². The molecular formula is C9H17NO. The molecule has 0 aromatic carbocycles. The molecule has 2 nitrogen and oxygen atoms in total. The quantitative estimate of drug-likeness (QED) is 0.634. The lowest BCUT2D eigenvalue weighted by Gasteiger charge is -2.05. The predicted octanol–water partition coefficient (Wildman–Crippen LogP) is 1.87. The number of carbonyl (C=O) groups excluding carboxylic acids is 1. The van der Waals surface area contributed by atoms with Gasteiger partial charge < -0.3 is 5.32 Å². The molecule has 0 amide bonds. The fourth-order valence-corrected chi connectivity index (χ4v) is 0.739. The first-order valence-electron chi connectivity index (χ1n) is 4.14. The smallest absolute Gasteiger partial charge is 0.151 e. The lowest BCUT2D eigenvalue weighted by molar-refractivity contribution is -0.117. The van der Waals surface area contributed by atoms with Crippen molar-refractivity contribution >= 4 is 5.78 Å². The van der Waals surface area contributed by atoms with E-state index in [9.17, 15) is 4.79 Å². The van der Waals surface area contributed by atoms with Crippen LogP contribution < -0.4 is 5.32 Å². The van der Waals surface area contributed by atoms with Gasteiger partial charge in [-0.25, -0.2) is 0 Å². The summed E-state index contributed by atoms with van der Waals surface area (Å²) in [6, 6.07) is 0. The van der Waals surface area contributed by atoms with Crippen LogP contribution in [0.15, 0.2) is 12.3 Å². The molecule has 0 aromatic rings. The minimum absolute atomic E-state index is 0.238. The summed E-state index contributed by atoms with van der Waals surface area (Å²) in [6.07, 6.45) is 2.63. The Morgan fingerprint density at radius 2 is 2.09 bits per heavy atom. The summed E-state index contributed by atoms with van der Waals surface area (Å²) < 4.78 is 0. The molecule has 0 spiro atoms. The summed E-state index contributed by atoms with van der Waals surface area (Å²) in [5, 5.41) is 2.99. The van der Waals surface area contributed by atoms with Gasteiger partial charge in [-0.2, -0.15) is 0 Å². The van der Waals surface area contributed by atoms with E-state index in [1.165, 1.54) is 0 Å². The molecule has 2 heteroatoms. The maximum absolute atomic E-state index is 10.8. The van der Waals surface area contributed by atoms with Gasteiger partial charge in [0.2, 0.25) is 0 Å². The van der Waals surface area contributed by atoms with Gasteiger partial charge in [-0.15, -0.1) is 0 Å². The van der Waals surface area contributed by atoms with E-state index in [4.69, 9.17) is 0 Å². The third kappa shape index (κ3) is 5.64. The number of rotatable bonds is 6. The summed E-state index contributed by atoms with van der Waals surface area (Å²) in [4.78, 5) is 10.8. The molecule has 0 radical (unpaired) electrons. The molecular weight excluding hydrogens is 138 g/mol. The number of hydrogen-bond donors (Lipinski definition) is 1. The average Bonchev–Trinajstić information content (AvgIpc) is 2.01. The van der Waals surface area contributed by atoms with Crippen LogP contribution in [-0.2, 0) is 4.79 Å². The van der Waals surface area contributed by atoms with Crippen LogP contribution in [-0.4, -0.2) is 12.3 Å². The summed E-state index contributed by atoms with van der Waals surface area (Å²) in [5.74, 6) is 0.238. The first-order chi connectivity index (χ1) is 5.20. The molecule has 1 N–H and O–H groups in total. The molecule has 0 aromatic heterocycles. The van der Waals surface area contributed by atoms with E-state index < -0.39 is 0 Å². The van der Waals surface area contributed by atoms with E-state index in [0.29, 0.717) is 13.0 Å². The Kier molecular flexibility index (Phi) is 5.53. The molecule has 0 atom stereocenters. The highest BCUT2D eigenvalue weighted by molar-refractivity contribution is 5.80. The molecule has 0 aliphatic carbocycles. The summed E-state index contributed by atoms with van der Waals surface area (Å²) >= 11 is 0. The van der Waals surface area contributed by atoms with Crippen LogP contribution in [0.1, 0.15) is 33.1 Å². The molecule has 64 valence electrons. The van der Waals surface area contributed by atoms with Crippen molar-refractivity contribution in [3.05, 3.63) is 12.3 Å². The van der Waals surface area contributed by atoms with Crippen LogP contribution in [0.5, 0.6) is 0 Å². The Morgan fingerprint density at radius 1 is 1.45 bits per heavy atom. The van der Waals surface area contributed by atoms with Crippen molar-refractivity contribution in [3.8, 4) is 0 Å². The molecule has 0 saturated carbocycles. The Hall–Kier alpha value is -0.790. The third-order valence-electron chi connectivity index (χ3n) is 1.48. The molecule has 0 aliphatic rings. The number of hydrogen-bond acceptors (Lipinski definition) is 2. The van der Waals surface area contributed by atoms with Crippen molar-refractivity contribution in [1.29, 1.82) is 0 Å². The maximum atomic E-state index is 10.8. The molecule has 0 saturated heterocycles. The van der Waals surface area contributed by atoms with Crippen molar-refractivity contribution < 1.29 is 4.79 Å². The zero-order chi connectivity index (χ0) is 8.69. The van der Waals surface area contributed by atoms with E-state index in [2.05, 4.69) is 18.8 Å². The highest BCUT2D eigenvalue weighted by atomic mass is 16.1. The Bertz CT molecular complexity index is 140. The predicted molar refractivity (Wildman–Crippen MR) is 47.3 cm³/mol. The summed E-state index contributed by atoms with van der Waals surface area (Å²) in [5.41, 5.74) is 0.967. The SMILES string of the molecule is C=C(CCC)NCC(=O)CC. The van der Waals surface area contributed by atoms with E-state index in [-0.39, 0.29) is 5.78 Å². The Labute approximate surface area is 68.7 Å². The van der Waals surface area contributed by atoms with Crippen LogP contribution in [0.25, 0.3) is 0 Å². The van der Waals surface area contributed by atoms with Gasteiger partial charge in [-0.05, 0) is 6.42 Å². The van der Waals surface area contributed by atoms with Crippen LogP contribution in [0.2, 0.25) is 0 Å². The van der Waals surface area contributed by atoms with Crippen molar-refractivity contribution in [3.63, 3.8) is 0 Å². The molecule has 0 bridgehead atoms. The Morgan fingerprint density at radius 3 is 2.55 bits per heavy atom. The van der Waals surface area contributed by atoms with Crippen molar-refractivity contribution in [2.45, 2.75) is 33.1 Å². The van der Waals surface area contributed by atoms with Gasteiger partial charge in [0.25, 0.3) is 0 Å². The normalized spacial score (nSPS) is 9.27. The van der Waals surface area contributed by atoms with Gasteiger partial charge in [0.05, 0.1) is 6.54 Å². The lowest BCUT2D eigenvalue weighted by Crippen LogP contribution is -2.21. The van der Waals surface area contributed by atoms with Crippen LogP contribution >= 0.6 is 0 Å². The lowest BCUT2D eigenvalue weighted by atomic mass is 10.2. The number of Topliss-reactive ketones (excluding diaryl/α,β-unsaturated/α-hetero) is 1. The standard InChI is InChI=1S/C9H17NO/c1-4-6-8(3)10-7-9(11)5-2/h10H,3-7H2,1-2H3. The average molecular weight is 155 g/mol. The highest BCUT2D eigenvalue weighted by Crippen LogP contribution is 1.96. The monoisotopic (exact) mass is 155 g/mol. The second-order valence-corrected chi connectivity index (χ2v) is 2.60. The number of carbonyl (C=O) groups is 1. The summed E-state index contributed by atoms with van der Waals surface area (Å²) in [7, 11) is 0. The van der Waals surface area contributed by atoms with E-state index >= 15 is 0 Å². The first-order valence-corrected chi connectivity index (χ1v) is 4.14. The molecule has 0 unspecified atom stereocenters. The molecule has 11 heavy (non-hydrogen) atoms. The van der Waals surface area contributed by atoms with E-state index in [1.807, 2.05) is 6.92 Å². The van der Waals surface area contributed by atoms with Crippen LogP contribution in [0.3, 0.4) is 0 Å². The van der Waals surface area contributed by atoms with E-state index in [0.717, 1.165) is 18.5 Å². The van der Waals surface area contributed by atoms with Gasteiger partial charge in [0.15, 0.2) is 5.78 Å². The Balaban J connectivity index is 3.38. The van der Waals surface area contributed by atoms with Gasteiger partial charge >= 0.3 is 0 Å². The zero-order valence-corrected chi connectivity index (χ0v) is 7.44. The minimum atomic E-state index is 0.238. The molecule has 0 aliphatic heterocycles. The second kappa shape index (κ2) is 5.96. The summed E-state index contributed by atoms with van der Waals surface area (Å²) in [6.45, 7) is 8.19. The van der Waals surface area contributed by atoms with Gasteiger partial charge in [-0.1, -0.05) is 26.8 Å². The maximum Gasteiger partial charge on any atom is 0.151 e. The van der Waals surface area contributed by atoms with Gasteiger partial charge in [0.1, 0.15) is 0 Å². The zero-order valence-electron chi connectivity index (χ0n) is 7.44. The second-order valence-electron chi connectivity index (χ2n) is 2.60. The van der Waals surface area contributed by atoms with Crippen molar-refractivity contribution in [2.24, 2.45) is 0 Å². The third-order valence-corrected chi connectivity index (χ3v) is 1.48. The van der Waals surface area contributed by atoms with Gasteiger partial charge in [0, 0.05) is 12.1 Å².